The van der Waals surface area contributed by atoms with Crippen LogP contribution in [-0.2, 0) is 45.3 Å². The van der Waals surface area contributed by atoms with Gasteiger partial charge in [-0.2, -0.15) is 5.10 Å². The lowest BCUT2D eigenvalue weighted by Crippen LogP contribution is -2.50. The van der Waals surface area contributed by atoms with Gasteiger partial charge in [0.2, 0.25) is 5.91 Å². The van der Waals surface area contributed by atoms with Crippen molar-refractivity contribution in [3.05, 3.63) is 23.4 Å². The lowest BCUT2D eigenvalue weighted by Gasteiger charge is -2.33. The fourth-order valence-electron chi connectivity index (χ4n) is 7.19. The van der Waals surface area contributed by atoms with Crippen molar-refractivity contribution in [2.24, 2.45) is 11.3 Å². The Kier molecular flexibility index (Phi) is 10.3. The Labute approximate surface area is 293 Å². The van der Waals surface area contributed by atoms with Crippen LogP contribution in [0.2, 0.25) is 51.4 Å². The predicted octanol–water partition coefficient (Wildman–Crippen LogP) is 6.04. The number of morpholine rings is 1. The van der Waals surface area contributed by atoms with Crippen LogP contribution in [0.4, 0.5) is 5.69 Å². The number of nitrogens with zero attached hydrogens (tertiary/aromatic N) is 6. The molecule has 1 N–H and O–H groups in total. The Morgan fingerprint density at radius 3 is 2.39 bits per heavy atom. The number of amides is 1. The molecule has 3 heterocycles. The third kappa shape index (κ3) is 8.02. The van der Waals surface area contributed by atoms with E-state index in [1.54, 1.807) is 18.0 Å². The summed E-state index contributed by atoms with van der Waals surface area (Å²) in [6.07, 6.45) is 3.17. The summed E-state index contributed by atoms with van der Waals surface area (Å²) in [6, 6.07) is 5.44. The molecule has 1 saturated carbocycles. The number of aromatic nitrogens is 4. The summed E-state index contributed by atoms with van der Waals surface area (Å²) in [5.41, 5.74) is 5.46. The Morgan fingerprint density at radius 2 is 1.73 bits per heavy atom. The average Bonchev–Trinajstić information content (AvgIpc) is 3.39. The van der Waals surface area contributed by atoms with E-state index in [0.717, 1.165) is 55.8 Å². The van der Waals surface area contributed by atoms with E-state index in [4.69, 9.17) is 24.3 Å². The number of carbonyl (C=O) groups is 1. The standard InChI is InChI=1S/C36H58N6O5Si2/c1-25(40-10-12-45-13-11-40)35(44)39(3)27-19-29-33(31(43)20-27)37-34(41(29)23-46-14-16-48(4,5)6)32-28-18-26-21-36(26,2)22-30(28)42(38-32)24-47-15-17-49(7,8)9/h19-20,25-26,43H,10-18,21-24H2,1-9H3/t25-,26+,36+/m0/s1. The first-order chi connectivity index (χ1) is 23.0. The number of rotatable bonds is 14. The van der Waals surface area contributed by atoms with Crippen LogP contribution < -0.4 is 4.90 Å². The topological polar surface area (TPSA) is 107 Å². The molecule has 13 heteroatoms. The molecule has 3 aromatic rings. The van der Waals surface area contributed by atoms with Crippen LogP contribution in [0.3, 0.4) is 0 Å². The SMILES string of the molecule is C[C@@H](C(=O)N(C)c1cc(O)c2nc(-c3nn(COCC[Si](C)(C)C)c4c3C[C@@H]3C[C@]3(C)C4)n(COCC[Si](C)(C)C)c2c1)N1CCOCC1. The van der Waals surface area contributed by atoms with E-state index in [9.17, 15) is 9.90 Å². The van der Waals surface area contributed by atoms with Gasteiger partial charge >= 0.3 is 0 Å². The molecule has 1 amide bonds. The lowest BCUT2D eigenvalue weighted by molar-refractivity contribution is -0.124. The molecular weight excluding hydrogens is 653 g/mol. The fourth-order valence-corrected chi connectivity index (χ4v) is 8.70. The summed E-state index contributed by atoms with van der Waals surface area (Å²) >= 11 is 0. The van der Waals surface area contributed by atoms with Crippen molar-refractivity contribution in [3.63, 3.8) is 0 Å². The van der Waals surface area contributed by atoms with Crippen LogP contribution in [0.5, 0.6) is 5.75 Å². The Morgan fingerprint density at radius 1 is 1.08 bits per heavy atom. The molecule has 3 atom stereocenters. The molecule has 1 saturated heterocycles. The first-order valence-corrected chi connectivity index (χ1v) is 25.5. The van der Waals surface area contributed by atoms with Crippen LogP contribution in [0.1, 0.15) is 31.5 Å². The van der Waals surface area contributed by atoms with E-state index in [1.165, 1.54) is 17.7 Å². The predicted molar refractivity (Wildman–Crippen MR) is 200 cm³/mol. The molecule has 0 bridgehead atoms. The van der Waals surface area contributed by atoms with E-state index < -0.39 is 16.1 Å². The number of anilines is 1. The average molecular weight is 711 g/mol. The van der Waals surface area contributed by atoms with E-state index >= 15 is 0 Å². The van der Waals surface area contributed by atoms with Crippen LogP contribution in [0, 0.1) is 11.3 Å². The number of hydrogen-bond acceptors (Lipinski definition) is 8. The van der Waals surface area contributed by atoms with Crippen LogP contribution in [0.15, 0.2) is 12.1 Å². The highest BCUT2D eigenvalue weighted by molar-refractivity contribution is 6.76. The Bertz CT molecular complexity index is 1670. The molecule has 270 valence electrons. The minimum Gasteiger partial charge on any atom is -0.506 e. The van der Waals surface area contributed by atoms with Crippen molar-refractivity contribution in [2.75, 3.05) is 51.5 Å². The van der Waals surface area contributed by atoms with Gasteiger partial charge in [0.1, 0.15) is 30.4 Å². The largest absolute Gasteiger partial charge is 0.506 e. The zero-order valence-electron chi connectivity index (χ0n) is 31.3. The monoisotopic (exact) mass is 710 g/mol. The van der Waals surface area contributed by atoms with Gasteiger partial charge in [-0.15, -0.1) is 0 Å². The number of aromatic hydroxyl groups is 1. The van der Waals surface area contributed by atoms with Crippen molar-refractivity contribution < 1.29 is 24.1 Å². The number of ether oxygens (including phenoxy) is 3. The molecule has 1 aliphatic heterocycles. The van der Waals surface area contributed by atoms with Crippen LogP contribution in [-0.4, -0.2) is 104 Å². The molecule has 0 radical (unpaired) electrons. The summed E-state index contributed by atoms with van der Waals surface area (Å²) in [5.74, 6) is 1.33. The second-order valence-electron chi connectivity index (χ2n) is 17.3. The van der Waals surface area contributed by atoms with E-state index in [1.807, 2.05) is 17.6 Å². The van der Waals surface area contributed by atoms with E-state index in [0.29, 0.717) is 54.9 Å². The molecule has 2 aliphatic carbocycles. The maximum atomic E-state index is 13.7. The zero-order chi connectivity index (χ0) is 35.3. The van der Waals surface area contributed by atoms with Crippen molar-refractivity contribution in [3.8, 4) is 17.3 Å². The van der Waals surface area contributed by atoms with Crippen molar-refractivity contribution in [1.29, 1.82) is 0 Å². The molecule has 11 nitrogen and oxygen atoms in total. The molecular formula is C36H58N6O5Si2. The van der Waals surface area contributed by atoms with Gasteiger partial charge in [0.15, 0.2) is 5.82 Å². The maximum Gasteiger partial charge on any atom is 0.243 e. The first kappa shape index (κ1) is 36.2. The van der Waals surface area contributed by atoms with Gasteiger partial charge in [-0.1, -0.05) is 46.2 Å². The number of fused-ring (bicyclic) bond motifs is 3. The number of likely N-dealkylation sites (N-methyl/N-ethyl adjacent to an activating group) is 1. The molecule has 49 heavy (non-hydrogen) atoms. The number of imidazole rings is 1. The van der Waals surface area contributed by atoms with Crippen LogP contribution in [0.25, 0.3) is 22.6 Å². The zero-order valence-corrected chi connectivity index (χ0v) is 33.3. The summed E-state index contributed by atoms with van der Waals surface area (Å²) < 4.78 is 22.2. The molecule has 1 aromatic carbocycles. The number of carbonyl (C=O) groups excluding carboxylic acids is 1. The molecule has 0 unspecified atom stereocenters. The maximum absolute atomic E-state index is 13.7. The minimum absolute atomic E-state index is 0.0334. The van der Waals surface area contributed by atoms with Gasteiger partial charge in [-0.25, -0.2) is 9.67 Å². The van der Waals surface area contributed by atoms with Crippen LogP contribution >= 0.6 is 0 Å². The normalized spacial score (nSPS) is 21.9. The molecule has 2 fully saturated rings. The van der Waals surface area contributed by atoms with Crippen molar-refractivity contribution in [1.82, 2.24) is 24.2 Å². The second kappa shape index (κ2) is 13.9. The third-order valence-corrected chi connectivity index (χ3v) is 14.3. The highest BCUT2D eigenvalue weighted by atomic mass is 28.3. The number of hydrogen-bond donors (Lipinski definition) is 1. The van der Waals surface area contributed by atoms with Gasteiger partial charge in [-0.3, -0.25) is 14.3 Å². The van der Waals surface area contributed by atoms with Crippen molar-refractivity contribution >= 4 is 38.8 Å². The number of benzene rings is 1. The number of phenolic OH excluding ortho intramolecular Hbond substituents is 1. The van der Waals surface area contributed by atoms with E-state index in [2.05, 4.69) is 55.8 Å². The molecule has 3 aliphatic rings. The summed E-state index contributed by atoms with van der Waals surface area (Å²) in [6.45, 7) is 23.2. The Hall–Kier alpha value is -2.56. The van der Waals surface area contributed by atoms with Gasteiger partial charge in [-0.05, 0) is 55.7 Å². The second-order valence-corrected chi connectivity index (χ2v) is 28.6. The molecule has 2 aromatic heterocycles. The smallest absolute Gasteiger partial charge is 0.243 e. The van der Waals surface area contributed by atoms with Gasteiger partial charge in [0, 0.05) is 72.5 Å². The number of phenols is 1. The summed E-state index contributed by atoms with van der Waals surface area (Å²) in [7, 11) is -0.750. The van der Waals surface area contributed by atoms with Crippen molar-refractivity contribution in [2.45, 2.75) is 104 Å². The third-order valence-electron chi connectivity index (χ3n) is 10.9. The highest BCUT2D eigenvalue weighted by Crippen LogP contribution is 2.60. The van der Waals surface area contributed by atoms with Gasteiger partial charge in [0.05, 0.1) is 24.8 Å². The first-order valence-electron chi connectivity index (χ1n) is 18.1. The highest BCUT2D eigenvalue weighted by Gasteiger charge is 2.54. The summed E-state index contributed by atoms with van der Waals surface area (Å²) in [4.78, 5) is 22.6. The quantitative estimate of drug-likeness (QED) is 0.160. The fraction of sp³-hybridized carbons (Fsp3) is 0.694. The Balaban J connectivity index is 1.37. The molecule has 0 spiro atoms. The van der Waals surface area contributed by atoms with E-state index in [-0.39, 0.29) is 24.4 Å². The van der Waals surface area contributed by atoms with Gasteiger partial charge in [0.25, 0.3) is 0 Å². The minimum atomic E-state index is -1.31. The van der Waals surface area contributed by atoms with Gasteiger partial charge < -0.3 is 24.2 Å². The lowest BCUT2D eigenvalue weighted by atomic mass is 9.87. The summed E-state index contributed by atoms with van der Waals surface area (Å²) in [5, 5.41) is 16.7. The molecule has 6 rings (SSSR count).